The summed E-state index contributed by atoms with van der Waals surface area (Å²) in [6.45, 7) is 4.39. The van der Waals surface area contributed by atoms with Gasteiger partial charge in [-0.2, -0.15) is 5.10 Å². The Morgan fingerprint density at radius 1 is 1.43 bits per heavy atom. The number of morpholine rings is 1. The normalized spacial score (nSPS) is 22.4. The van der Waals surface area contributed by atoms with Crippen LogP contribution in [0.5, 0.6) is 0 Å². The molecule has 6 nitrogen and oxygen atoms in total. The molecule has 1 atom stereocenters. The van der Waals surface area contributed by atoms with E-state index in [1.807, 2.05) is 17.9 Å². The molecule has 1 aliphatic carbocycles. The first-order valence-corrected chi connectivity index (χ1v) is 9.14. The molecule has 0 radical (unpaired) electrons. The molecule has 2 fully saturated rings. The number of ether oxygens (including phenoxy) is 1. The van der Waals surface area contributed by atoms with E-state index in [2.05, 4.69) is 26.9 Å². The van der Waals surface area contributed by atoms with Gasteiger partial charge in [0.2, 0.25) is 0 Å². The Bertz CT molecular complexity index is 650. The average Bonchev–Trinajstić information content (AvgIpc) is 3.12. The Labute approximate surface area is 140 Å². The summed E-state index contributed by atoms with van der Waals surface area (Å²) in [4.78, 5) is 7.24. The standard InChI is InChI=1S/C16H23N5OS/c1-20-8-13(7-18-20)9-21-4-5-22-10-15(21)14-11-23-16(19-14)17-6-12-2-3-12/h7-8,11-12,15H,2-6,9-10H2,1H3,(H,17,19)/t15-/m1/s1. The van der Waals surface area contributed by atoms with Gasteiger partial charge in [-0.3, -0.25) is 9.58 Å². The zero-order chi connectivity index (χ0) is 15.6. The van der Waals surface area contributed by atoms with E-state index in [1.54, 1.807) is 11.3 Å². The molecule has 124 valence electrons. The molecular formula is C16H23N5OS. The fourth-order valence-corrected chi connectivity index (χ4v) is 3.73. The van der Waals surface area contributed by atoms with Crippen molar-refractivity contribution in [2.75, 3.05) is 31.6 Å². The third-order valence-corrected chi connectivity index (χ3v) is 5.30. The van der Waals surface area contributed by atoms with Crippen LogP contribution in [-0.2, 0) is 18.3 Å². The van der Waals surface area contributed by atoms with Gasteiger partial charge < -0.3 is 10.1 Å². The monoisotopic (exact) mass is 333 g/mol. The number of hydrogen-bond acceptors (Lipinski definition) is 6. The number of anilines is 1. The maximum absolute atomic E-state index is 5.71. The molecule has 0 bridgehead atoms. The number of thiazole rings is 1. The fourth-order valence-electron chi connectivity index (χ4n) is 2.96. The van der Waals surface area contributed by atoms with Gasteiger partial charge in [0.05, 0.1) is 31.1 Å². The van der Waals surface area contributed by atoms with Crippen LogP contribution >= 0.6 is 11.3 Å². The number of nitrogens with zero attached hydrogens (tertiary/aromatic N) is 4. The highest BCUT2D eigenvalue weighted by atomic mass is 32.1. The highest BCUT2D eigenvalue weighted by Gasteiger charge is 2.27. The van der Waals surface area contributed by atoms with Crippen molar-refractivity contribution < 1.29 is 4.74 Å². The van der Waals surface area contributed by atoms with E-state index < -0.39 is 0 Å². The molecular weight excluding hydrogens is 310 g/mol. The molecule has 2 aliphatic rings. The summed E-state index contributed by atoms with van der Waals surface area (Å²) in [7, 11) is 1.96. The molecule has 7 heteroatoms. The van der Waals surface area contributed by atoms with Crippen molar-refractivity contribution in [1.82, 2.24) is 19.7 Å². The minimum absolute atomic E-state index is 0.233. The second-order valence-electron chi connectivity index (χ2n) is 6.49. The van der Waals surface area contributed by atoms with Crippen LogP contribution in [0.25, 0.3) is 0 Å². The summed E-state index contributed by atoms with van der Waals surface area (Å²) < 4.78 is 7.56. The van der Waals surface area contributed by atoms with Crippen molar-refractivity contribution in [3.8, 4) is 0 Å². The minimum Gasteiger partial charge on any atom is -0.378 e. The zero-order valence-corrected chi connectivity index (χ0v) is 14.3. The molecule has 23 heavy (non-hydrogen) atoms. The maximum atomic E-state index is 5.71. The van der Waals surface area contributed by atoms with Crippen LogP contribution in [0.4, 0.5) is 5.13 Å². The van der Waals surface area contributed by atoms with Crippen molar-refractivity contribution in [3.63, 3.8) is 0 Å². The summed E-state index contributed by atoms with van der Waals surface area (Å²) >= 11 is 1.70. The molecule has 0 unspecified atom stereocenters. The lowest BCUT2D eigenvalue weighted by Crippen LogP contribution is -2.39. The van der Waals surface area contributed by atoms with E-state index in [4.69, 9.17) is 9.72 Å². The molecule has 1 aliphatic heterocycles. The smallest absolute Gasteiger partial charge is 0.182 e. The van der Waals surface area contributed by atoms with E-state index in [0.29, 0.717) is 6.61 Å². The molecule has 1 saturated carbocycles. The summed E-state index contributed by atoms with van der Waals surface area (Å²) in [5.41, 5.74) is 2.36. The van der Waals surface area contributed by atoms with Gasteiger partial charge >= 0.3 is 0 Å². The van der Waals surface area contributed by atoms with Gasteiger partial charge in [-0.1, -0.05) is 0 Å². The molecule has 0 spiro atoms. The predicted octanol–water partition coefficient (Wildman–Crippen LogP) is 2.27. The maximum Gasteiger partial charge on any atom is 0.182 e. The van der Waals surface area contributed by atoms with Crippen molar-refractivity contribution in [2.24, 2.45) is 13.0 Å². The summed E-state index contributed by atoms with van der Waals surface area (Å²) in [5.74, 6) is 0.863. The van der Waals surface area contributed by atoms with E-state index in [0.717, 1.165) is 43.0 Å². The number of aryl methyl sites for hydroxylation is 1. The molecule has 1 N–H and O–H groups in total. The first-order chi connectivity index (χ1) is 11.3. The highest BCUT2D eigenvalue weighted by Crippen LogP contribution is 2.31. The van der Waals surface area contributed by atoms with Gasteiger partial charge in [0.1, 0.15) is 0 Å². The van der Waals surface area contributed by atoms with Gasteiger partial charge in [0.15, 0.2) is 5.13 Å². The number of nitrogens with one attached hydrogen (secondary N) is 1. The van der Waals surface area contributed by atoms with Crippen molar-refractivity contribution >= 4 is 16.5 Å². The average molecular weight is 333 g/mol. The summed E-state index contributed by atoms with van der Waals surface area (Å²) in [6, 6.07) is 0.233. The number of aromatic nitrogens is 3. The topological polar surface area (TPSA) is 55.2 Å². The van der Waals surface area contributed by atoms with Crippen LogP contribution in [0.1, 0.15) is 30.1 Å². The summed E-state index contributed by atoms with van der Waals surface area (Å²) in [6.07, 6.45) is 6.74. The number of hydrogen-bond donors (Lipinski definition) is 1. The molecule has 1 saturated heterocycles. The predicted molar refractivity (Wildman–Crippen MR) is 90.5 cm³/mol. The van der Waals surface area contributed by atoms with Crippen molar-refractivity contribution in [1.29, 1.82) is 0 Å². The Morgan fingerprint density at radius 3 is 3.13 bits per heavy atom. The Hall–Kier alpha value is -1.44. The quantitative estimate of drug-likeness (QED) is 0.879. The Balaban J connectivity index is 1.43. The third-order valence-electron chi connectivity index (χ3n) is 4.49. The zero-order valence-electron chi connectivity index (χ0n) is 13.4. The van der Waals surface area contributed by atoms with Crippen molar-refractivity contribution in [3.05, 3.63) is 29.0 Å². The van der Waals surface area contributed by atoms with E-state index in [1.165, 1.54) is 18.4 Å². The first-order valence-electron chi connectivity index (χ1n) is 8.26. The SMILES string of the molecule is Cn1cc(CN2CCOC[C@@H]2c2csc(NCC3CC3)n2)cn1. The molecule has 3 heterocycles. The van der Waals surface area contributed by atoms with Gasteiger partial charge in [0, 0.05) is 43.8 Å². The van der Waals surface area contributed by atoms with Crippen LogP contribution in [0, 0.1) is 5.92 Å². The molecule has 4 rings (SSSR count). The second kappa shape index (κ2) is 6.59. The van der Waals surface area contributed by atoms with E-state index >= 15 is 0 Å². The van der Waals surface area contributed by atoms with Gasteiger partial charge in [-0.05, 0) is 18.8 Å². The number of rotatable bonds is 6. The van der Waals surface area contributed by atoms with Crippen LogP contribution in [0.15, 0.2) is 17.8 Å². The molecule has 2 aromatic rings. The third kappa shape index (κ3) is 3.73. The molecule has 0 aromatic carbocycles. The van der Waals surface area contributed by atoms with Crippen LogP contribution < -0.4 is 5.32 Å². The fraction of sp³-hybridized carbons (Fsp3) is 0.625. The van der Waals surface area contributed by atoms with Crippen LogP contribution in [0.3, 0.4) is 0 Å². The summed E-state index contributed by atoms with van der Waals surface area (Å²) in [5, 5.41) is 10.9. The largest absolute Gasteiger partial charge is 0.378 e. The van der Waals surface area contributed by atoms with E-state index in [9.17, 15) is 0 Å². The van der Waals surface area contributed by atoms with Gasteiger partial charge in [-0.15, -0.1) is 11.3 Å². The lowest BCUT2D eigenvalue weighted by Gasteiger charge is -2.34. The van der Waals surface area contributed by atoms with Crippen LogP contribution in [-0.4, -0.2) is 46.0 Å². The molecule has 2 aromatic heterocycles. The minimum atomic E-state index is 0.233. The second-order valence-corrected chi connectivity index (χ2v) is 7.34. The van der Waals surface area contributed by atoms with E-state index in [-0.39, 0.29) is 6.04 Å². The first kappa shape index (κ1) is 15.1. The van der Waals surface area contributed by atoms with Crippen LogP contribution in [0.2, 0.25) is 0 Å². The Morgan fingerprint density at radius 2 is 2.35 bits per heavy atom. The molecule has 0 amide bonds. The Kier molecular flexibility index (Phi) is 4.33. The highest BCUT2D eigenvalue weighted by molar-refractivity contribution is 7.13. The lowest BCUT2D eigenvalue weighted by atomic mass is 10.1. The lowest BCUT2D eigenvalue weighted by molar-refractivity contribution is -0.0140. The van der Waals surface area contributed by atoms with Crippen molar-refractivity contribution in [2.45, 2.75) is 25.4 Å². The van der Waals surface area contributed by atoms with Gasteiger partial charge in [-0.25, -0.2) is 4.98 Å². The van der Waals surface area contributed by atoms with Gasteiger partial charge in [0.25, 0.3) is 0 Å².